The third kappa shape index (κ3) is 4.92. The summed E-state index contributed by atoms with van der Waals surface area (Å²) in [5.41, 5.74) is 3.27. The molecule has 1 amide bonds. The van der Waals surface area contributed by atoms with E-state index in [1.54, 1.807) is 11.3 Å². The predicted molar refractivity (Wildman–Crippen MR) is 109 cm³/mol. The fourth-order valence-corrected chi connectivity index (χ4v) is 4.46. The Morgan fingerprint density at radius 1 is 1.23 bits per heavy atom. The highest BCUT2D eigenvalue weighted by Crippen LogP contribution is 2.28. The van der Waals surface area contributed by atoms with E-state index in [9.17, 15) is 4.79 Å². The molecule has 1 aromatic heterocycles. The Kier molecular flexibility index (Phi) is 6.43. The molecule has 3 rings (SSSR count). The molecule has 1 fully saturated rings. The van der Waals surface area contributed by atoms with Crippen molar-refractivity contribution in [1.29, 1.82) is 0 Å². The molecule has 4 nitrogen and oxygen atoms in total. The van der Waals surface area contributed by atoms with Gasteiger partial charge >= 0.3 is 0 Å². The van der Waals surface area contributed by atoms with E-state index in [1.165, 1.54) is 18.4 Å². The molecule has 1 saturated heterocycles. The van der Waals surface area contributed by atoms with E-state index in [2.05, 4.69) is 53.3 Å². The van der Waals surface area contributed by atoms with Crippen molar-refractivity contribution < 1.29 is 4.79 Å². The Balaban J connectivity index is 1.66. The summed E-state index contributed by atoms with van der Waals surface area (Å²) >= 11 is 1.63. The largest absolute Gasteiger partial charge is 0.352 e. The van der Waals surface area contributed by atoms with Crippen LogP contribution in [0.4, 0.5) is 0 Å². The van der Waals surface area contributed by atoms with Crippen LogP contribution in [-0.4, -0.2) is 41.5 Å². The van der Waals surface area contributed by atoms with Gasteiger partial charge in [-0.05, 0) is 46.2 Å². The lowest BCUT2D eigenvalue weighted by Gasteiger charge is -2.23. The summed E-state index contributed by atoms with van der Waals surface area (Å²) in [7, 11) is 0. The number of carbonyl (C=O) groups excluding carboxylic acids is 1. The molecule has 2 aromatic rings. The molecule has 5 heteroatoms. The zero-order valence-corrected chi connectivity index (χ0v) is 16.9. The van der Waals surface area contributed by atoms with Crippen LogP contribution in [0, 0.1) is 13.8 Å². The van der Waals surface area contributed by atoms with Gasteiger partial charge < -0.3 is 10.2 Å². The fourth-order valence-electron chi connectivity index (χ4n) is 3.50. The van der Waals surface area contributed by atoms with Gasteiger partial charge in [0.05, 0.1) is 17.1 Å². The van der Waals surface area contributed by atoms with Crippen molar-refractivity contribution in [2.75, 3.05) is 19.6 Å². The minimum Gasteiger partial charge on any atom is -0.352 e. The van der Waals surface area contributed by atoms with Crippen LogP contribution < -0.4 is 5.32 Å². The topological polar surface area (TPSA) is 45.2 Å². The Hall–Kier alpha value is -1.72. The molecule has 0 aliphatic carbocycles. The van der Waals surface area contributed by atoms with Crippen molar-refractivity contribution in [2.24, 2.45) is 0 Å². The summed E-state index contributed by atoms with van der Waals surface area (Å²) in [4.78, 5) is 20.8. The second-order valence-electron chi connectivity index (χ2n) is 7.23. The number of likely N-dealkylation sites (tertiary alicyclic amines) is 1. The Labute approximate surface area is 160 Å². The lowest BCUT2D eigenvalue weighted by molar-refractivity contribution is -0.121. The molecule has 2 heterocycles. The smallest absolute Gasteiger partial charge is 0.225 e. The van der Waals surface area contributed by atoms with Gasteiger partial charge in [-0.1, -0.05) is 36.8 Å². The number of aryl methyl sites for hydroxylation is 2. The van der Waals surface area contributed by atoms with Gasteiger partial charge in [0.2, 0.25) is 5.91 Å². The van der Waals surface area contributed by atoms with Crippen molar-refractivity contribution in [3.8, 4) is 11.3 Å². The van der Waals surface area contributed by atoms with Crippen LogP contribution in [0.1, 0.15) is 41.6 Å². The van der Waals surface area contributed by atoms with Gasteiger partial charge in [0.15, 0.2) is 0 Å². The molecule has 0 radical (unpaired) electrons. The number of nitrogens with zero attached hydrogens (tertiary/aromatic N) is 2. The Morgan fingerprint density at radius 3 is 2.58 bits per heavy atom. The minimum absolute atomic E-state index is 0.105. The molecule has 1 aromatic carbocycles. The number of benzene rings is 1. The molecule has 1 unspecified atom stereocenters. The first-order chi connectivity index (χ1) is 12.5. The van der Waals surface area contributed by atoms with Gasteiger partial charge in [-0.25, -0.2) is 4.98 Å². The quantitative estimate of drug-likeness (QED) is 0.801. The molecular weight excluding hydrogens is 342 g/mol. The molecule has 0 spiro atoms. The number of hydrogen-bond acceptors (Lipinski definition) is 4. The van der Waals surface area contributed by atoms with E-state index in [-0.39, 0.29) is 11.9 Å². The van der Waals surface area contributed by atoms with E-state index in [0.717, 1.165) is 47.2 Å². The fraction of sp³-hybridized carbons (Fsp3) is 0.524. The van der Waals surface area contributed by atoms with E-state index < -0.39 is 0 Å². The van der Waals surface area contributed by atoms with Crippen molar-refractivity contribution in [2.45, 2.75) is 52.5 Å². The molecule has 1 aliphatic heterocycles. The first-order valence-corrected chi connectivity index (χ1v) is 10.4. The second-order valence-corrected chi connectivity index (χ2v) is 8.52. The number of carbonyl (C=O) groups is 1. The SMILES string of the molecule is CCC(CN1CCCC1)NC(=O)Cc1sc(C)nc1-c1ccc(C)cc1. The minimum atomic E-state index is 0.105. The standard InChI is InChI=1S/C21H29N3OS/c1-4-18(14-24-11-5-6-12-24)23-20(25)13-19-21(22-16(3)26-19)17-9-7-15(2)8-10-17/h7-10,18H,4-6,11-14H2,1-3H3,(H,23,25). The highest BCUT2D eigenvalue weighted by Gasteiger charge is 2.20. The summed E-state index contributed by atoms with van der Waals surface area (Å²) < 4.78 is 0. The third-order valence-corrected chi connectivity index (χ3v) is 5.96. The highest BCUT2D eigenvalue weighted by atomic mass is 32.1. The summed E-state index contributed by atoms with van der Waals surface area (Å²) in [6.45, 7) is 9.53. The lowest BCUT2D eigenvalue weighted by Crippen LogP contribution is -2.43. The molecule has 1 aliphatic rings. The molecule has 0 saturated carbocycles. The maximum absolute atomic E-state index is 12.7. The van der Waals surface area contributed by atoms with E-state index >= 15 is 0 Å². The van der Waals surface area contributed by atoms with E-state index in [4.69, 9.17) is 0 Å². The maximum Gasteiger partial charge on any atom is 0.225 e. The summed E-state index contributed by atoms with van der Waals surface area (Å²) in [6, 6.07) is 8.60. The molecule has 1 N–H and O–H groups in total. The van der Waals surface area contributed by atoms with Crippen LogP contribution in [0.15, 0.2) is 24.3 Å². The van der Waals surface area contributed by atoms with Gasteiger partial charge in [0, 0.05) is 23.0 Å². The Morgan fingerprint density at radius 2 is 1.92 bits per heavy atom. The normalized spacial score (nSPS) is 16.0. The van der Waals surface area contributed by atoms with Gasteiger partial charge in [0.25, 0.3) is 0 Å². The first kappa shape index (κ1) is 19.1. The van der Waals surface area contributed by atoms with Crippen molar-refractivity contribution >= 4 is 17.2 Å². The van der Waals surface area contributed by atoms with Gasteiger partial charge in [-0.3, -0.25) is 4.79 Å². The van der Waals surface area contributed by atoms with Gasteiger partial charge in [-0.2, -0.15) is 0 Å². The number of nitrogens with one attached hydrogen (secondary N) is 1. The highest BCUT2D eigenvalue weighted by molar-refractivity contribution is 7.12. The molecule has 26 heavy (non-hydrogen) atoms. The summed E-state index contributed by atoms with van der Waals surface area (Å²) in [5.74, 6) is 0.105. The molecular formula is C21H29N3OS. The average Bonchev–Trinajstić information content (AvgIpc) is 3.24. The first-order valence-electron chi connectivity index (χ1n) is 9.60. The van der Waals surface area contributed by atoms with Crippen LogP contribution in [0.25, 0.3) is 11.3 Å². The Bertz CT molecular complexity index is 732. The molecule has 1 atom stereocenters. The van der Waals surface area contributed by atoms with Crippen molar-refractivity contribution in [1.82, 2.24) is 15.2 Å². The predicted octanol–water partition coefficient (Wildman–Crippen LogP) is 3.96. The van der Waals surface area contributed by atoms with Crippen LogP contribution in [0.5, 0.6) is 0 Å². The average molecular weight is 372 g/mol. The number of amides is 1. The zero-order chi connectivity index (χ0) is 18.5. The zero-order valence-electron chi connectivity index (χ0n) is 16.0. The summed E-state index contributed by atoms with van der Waals surface area (Å²) in [6.07, 6.45) is 3.94. The molecule has 0 bridgehead atoms. The lowest BCUT2D eigenvalue weighted by atomic mass is 10.1. The number of thiazole rings is 1. The number of rotatable bonds is 7. The van der Waals surface area contributed by atoms with Crippen LogP contribution >= 0.6 is 11.3 Å². The monoisotopic (exact) mass is 371 g/mol. The third-order valence-electron chi connectivity index (χ3n) is 4.99. The number of hydrogen-bond donors (Lipinski definition) is 1. The van der Waals surface area contributed by atoms with Crippen LogP contribution in [0.2, 0.25) is 0 Å². The molecule has 140 valence electrons. The van der Waals surface area contributed by atoms with Gasteiger partial charge in [-0.15, -0.1) is 11.3 Å². The van der Waals surface area contributed by atoms with E-state index in [1.807, 2.05) is 6.92 Å². The van der Waals surface area contributed by atoms with Crippen molar-refractivity contribution in [3.63, 3.8) is 0 Å². The number of aromatic nitrogens is 1. The van der Waals surface area contributed by atoms with E-state index in [0.29, 0.717) is 6.42 Å². The summed E-state index contributed by atoms with van der Waals surface area (Å²) in [5, 5.41) is 4.24. The second kappa shape index (κ2) is 8.78. The van der Waals surface area contributed by atoms with Crippen LogP contribution in [0.3, 0.4) is 0 Å². The van der Waals surface area contributed by atoms with Crippen LogP contribution in [-0.2, 0) is 11.2 Å². The maximum atomic E-state index is 12.7. The van der Waals surface area contributed by atoms with Crippen molar-refractivity contribution in [3.05, 3.63) is 39.7 Å². The van der Waals surface area contributed by atoms with Gasteiger partial charge in [0.1, 0.15) is 0 Å².